The average molecular weight is 305 g/mol. The Morgan fingerprint density at radius 1 is 1.29 bits per heavy atom. The highest BCUT2D eigenvalue weighted by molar-refractivity contribution is 5.71. The Morgan fingerprint density at radius 3 is 2.71 bits per heavy atom. The normalized spacial score (nSPS) is 12.2. The molecule has 0 bridgehead atoms. The lowest BCUT2D eigenvalue weighted by Crippen LogP contribution is -2.33. The maximum atomic E-state index is 12.6. The van der Waals surface area contributed by atoms with Gasteiger partial charge in [0.15, 0.2) is 5.52 Å². The molecule has 2 rings (SSSR count). The zero-order valence-electron chi connectivity index (χ0n) is 10.7. The number of halogens is 4. The van der Waals surface area contributed by atoms with Crippen molar-refractivity contribution in [3.8, 4) is 0 Å². The lowest BCUT2D eigenvalue weighted by Gasteiger charge is -2.15. The number of hydrogen-bond donors (Lipinski definition) is 0. The molecule has 0 aliphatic rings. The zero-order chi connectivity index (χ0) is 15.5. The molecule has 114 valence electrons. The minimum absolute atomic E-state index is 0.0509. The molecule has 0 fully saturated rings. The summed E-state index contributed by atoms with van der Waals surface area (Å²) in [7, 11) is 0. The topological polar surface area (TPSA) is 57.0 Å². The van der Waals surface area contributed by atoms with Gasteiger partial charge < -0.3 is 9.30 Å². The number of hydrogen-bond acceptors (Lipinski definition) is 4. The Labute approximate surface area is 116 Å². The lowest BCUT2D eigenvalue weighted by atomic mass is 10.3. The Morgan fingerprint density at radius 2 is 2.00 bits per heavy atom. The highest BCUT2D eigenvalue weighted by Crippen LogP contribution is 2.22. The van der Waals surface area contributed by atoms with Crippen LogP contribution in [0.4, 0.5) is 17.6 Å². The van der Waals surface area contributed by atoms with Crippen molar-refractivity contribution in [3.63, 3.8) is 0 Å². The number of nitrogens with zero attached hydrogens (tertiary/aromatic N) is 3. The van der Waals surface area contributed by atoms with Gasteiger partial charge in [0.1, 0.15) is 6.61 Å². The van der Waals surface area contributed by atoms with E-state index in [0.29, 0.717) is 5.52 Å². The summed E-state index contributed by atoms with van der Waals surface area (Å²) in [5.41, 5.74) is 0.0895. The summed E-state index contributed by atoms with van der Waals surface area (Å²) in [6.07, 6.45) is 0.416. The smallest absolute Gasteiger partial charge is 0.330 e. The van der Waals surface area contributed by atoms with E-state index < -0.39 is 24.5 Å². The van der Waals surface area contributed by atoms with Gasteiger partial charge in [-0.3, -0.25) is 9.78 Å². The molecule has 9 heteroatoms. The second-order valence-electron chi connectivity index (χ2n) is 4.22. The second kappa shape index (κ2) is 6.17. The molecule has 0 atom stereocenters. The molecule has 0 spiro atoms. The van der Waals surface area contributed by atoms with Crippen molar-refractivity contribution in [1.82, 2.24) is 14.5 Å². The summed E-state index contributed by atoms with van der Waals surface area (Å²) >= 11 is 0. The minimum Gasteiger partial charge on any atom is -0.373 e. The largest absolute Gasteiger partial charge is 0.373 e. The van der Waals surface area contributed by atoms with Gasteiger partial charge in [0.2, 0.25) is 0 Å². The minimum atomic E-state index is -4.19. The van der Waals surface area contributed by atoms with Crippen LogP contribution in [0, 0.1) is 0 Å². The summed E-state index contributed by atoms with van der Waals surface area (Å²) in [6, 6.07) is 1.54. The van der Waals surface area contributed by atoms with Gasteiger partial charge in [-0.1, -0.05) is 0 Å². The third kappa shape index (κ3) is 3.54. The number of pyridine rings is 1. The average Bonchev–Trinajstić information content (AvgIpc) is 2.45. The first-order valence-corrected chi connectivity index (χ1v) is 5.96. The fourth-order valence-corrected chi connectivity index (χ4v) is 1.61. The Hall–Kier alpha value is -2.03. The van der Waals surface area contributed by atoms with Crippen molar-refractivity contribution in [2.75, 3.05) is 13.2 Å². The van der Waals surface area contributed by atoms with Crippen LogP contribution in [0.15, 0.2) is 29.5 Å². The van der Waals surface area contributed by atoms with Crippen LogP contribution in [0.1, 0.15) is 0 Å². The van der Waals surface area contributed by atoms with Gasteiger partial charge in [0, 0.05) is 25.1 Å². The summed E-state index contributed by atoms with van der Waals surface area (Å²) in [5.74, 6) is -4.19. The van der Waals surface area contributed by atoms with Gasteiger partial charge in [-0.2, -0.15) is 8.78 Å². The molecule has 2 heterocycles. The fourth-order valence-electron chi connectivity index (χ4n) is 1.61. The molecule has 0 unspecified atom stereocenters. The van der Waals surface area contributed by atoms with Gasteiger partial charge in [0.05, 0.1) is 12.1 Å². The van der Waals surface area contributed by atoms with Crippen molar-refractivity contribution in [3.05, 3.63) is 35.0 Å². The maximum absolute atomic E-state index is 12.6. The van der Waals surface area contributed by atoms with Gasteiger partial charge in [0.25, 0.3) is 5.56 Å². The highest BCUT2D eigenvalue weighted by Gasteiger charge is 2.40. The summed E-state index contributed by atoms with van der Waals surface area (Å²) < 4.78 is 54.7. The van der Waals surface area contributed by atoms with Crippen LogP contribution in [-0.4, -0.2) is 40.1 Å². The van der Waals surface area contributed by atoms with Crippen LogP contribution < -0.4 is 5.56 Å². The Balaban J connectivity index is 1.99. The molecule has 0 saturated carbocycles. The molecule has 0 radical (unpaired) electrons. The van der Waals surface area contributed by atoms with Crippen molar-refractivity contribution in [2.24, 2.45) is 0 Å². The van der Waals surface area contributed by atoms with Crippen LogP contribution in [0.2, 0.25) is 0 Å². The molecule has 5 nitrogen and oxygen atoms in total. The predicted octanol–water partition coefficient (Wildman–Crippen LogP) is 1.71. The van der Waals surface area contributed by atoms with Gasteiger partial charge in [-0.05, 0) is 6.07 Å². The fraction of sp³-hybridized carbons (Fsp3) is 0.417. The molecule has 0 aromatic carbocycles. The quantitative estimate of drug-likeness (QED) is 0.602. The summed E-state index contributed by atoms with van der Waals surface area (Å²) in [6.45, 7) is -1.74. The van der Waals surface area contributed by atoms with Crippen molar-refractivity contribution in [1.29, 1.82) is 0 Å². The van der Waals surface area contributed by atoms with Crippen LogP contribution in [0.25, 0.3) is 11.0 Å². The first-order valence-electron chi connectivity index (χ1n) is 5.96. The highest BCUT2D eigenvalue weighted by atomic mass is 19.3. The van der Waals surface area contributed by atoms with E-state index >= 15 is 0 Å². The molecule has 0 aliphatic heterocycles. The van der Waals surface area contributed by atoms with E-state index in [1.54, 1.807) is 0 Å². The maximum Gasteiger partial charge on any atom is 0.330 e. The molecule has 0 N–H and O–H groups in total. The van der Waals surface area contributed by atoms with Gasteiger partial charge in [-0.15, -0.1) is 0 Å². The molecule has 0 amide bonds. The van der Waals surface area contributed by atoms with Crippen molar-refractivity contribution >= 4 is 11.0 Å². The molecule has 0 saturated heterocycles. The number of ether oxygens (including phenoxy) is 1. The summed E-state index contributed by atoms with van der Waals surface area (Å²) in [4.78, 5) is 19.8. The number of rotatable bonds is 6. The van der Waals surface area contributed by atoms with E-state index in [1.807, 2.05) is 0 Å². The Kier molecular flexibility index (Phi) is 4.51. The first kappa shape index (κ1) is 15.4. The monoisotopic (exact) mass is 305 g/mol. The zero-order valence-corrected chi connectivity index (χ0v) is 10.7. The predicted molar refractivity (Wildman–Crippen MR) is 65.6 cm³/mol. The van der Waals surface area contributed by atoms with Crippen LogP contribution in [0.3, 0.4) is 0 Å². The molecule has 2 aromatic heterocycles. The lowest BCUT2D eigenvalue weighted by molar-refractivity contribution is -0.166. The molecular weight excluding hydrogens is 294 g/mol. The molecular formula is C12H11F4N3O2. The van der Waals surface area contributed by atoms with E-state index in [2.05, 4.69) is 14.7 Å². The van der Waals surface area contributed by atoms with E-state index in [-0.39, 0.29) is 18.7 Å². The first-order chi connectivity index (χ1) is 9.92. The van der Waals surface area contributed by atoms with E-state index in [4.69, 9.17) is 0 Å². The van der Waals surface area contributed by atoms with E-state index in [9.17, 15) is 22.4 Å². The third-order valence-corrected chi connectivity index (χ3v) is 2.69. The molecule has 21 heavy (non-hydrogen) atoms. The molecule has 0 aliphatic carbocycles. The third-order valence-electron chi connectivity index (χ3n) is 2.69. The number of alkyl halides is 4. The van der Waals surface area contributed by atoms with Crippen molar-refractivity contribution < 1.29 is 22.3 Å². The standard InChI is InChI=1S/C12H11F4N3O2/c13-11(14)12(15,16)7-21-6-5-19-4-1-8-9(10(19)20)18-3-2-17-8/h1-4,11H,5-7H2. The van der Waals surface area contributed by atoms with Crippen molar-refractivity contribution in [2.45, 2.75) is 18.9 Å². The SMILES string of the molecule is O=c1c2nccnc2ccn1CCOCC(F)(F)C(F)F. The summed E-state index contributed by atoms with van der Waals surface area (Å²) in [5, 5.41) is 0. The second-order valence-corrected chi connectivity index (χ2v) is 4.22. The molecule has 2 aromatic rings. The number of fused-ring (bicyclic) bond motifs is 1. The number of aromatic nitrogens is 3. The van der Waals surface area contributed by atoms with Gasteiger partial charge >= 0.3 is 12.3 Å². The van der Waals surface area contributed by atoms with Crippen LogP contribution in [0.5, 0.6) is 0 Å². The van der Waals surface area contributed by atoms with Crippen LogP contribution in [-0.2, 0) is 11.3 Å². The Bertz CT molecular complexity index is 675. The van der Waals surface area contributed by atoms with Crippen LogP contribution >= 0.6 is 0 Å². The van der Waals surface area contributed by atoms with Gasteiger partial charge in [-0.25, -0.2) is 13.8 Å². The van der Waals surface area contributed by atoms with E-state index in [1.165, 1.54) is 29.2 Å². The van der Waals surface area contributed by atoms with E-state index in [0.717, 1.165) is 0 Å².